The first-order valence-electron chi connectivity index (χ1n) is 6.71. The van der Waals surface area contributed by atoms with E-state index in [9.17, 15) is 0 Å². The number of fused-ring (bicyclic) bond motifs is 1. The fraction of sp³-hybridized carbons (Fsp3) is 0.600. The van der Waals surface area contributed by atoms with Crippen LogP contribution in [0.4, 0.5) is 0 Å². The lowest BCUT2D eigenvalue weighted by Gasteiger charge is -2.15. The minimum Gasteiger partial charge on any atom is -0.310 e. The van der Waals surface area contributed by atoms with E-state index in [0.717, 1.165) is 25.8 Å². The van der Waals surface area contributed by atoms with Crippen LogP contribution >= 0.6 is 23.1 Å². The number of hydrogen-bond donors (Lipinski definition) is 1. The molecule has 0 fully saturated rings. The van der Waals surface area contributed by atoms with Crippen molar-refractivity contribution in [3.8, 4) is 12.3 Å². The Morgan fingerprint density at radius 2 is 2.44 bits per heavy atom. The Hall–Kier alpha value is -0.430. The van der Waals surface area contributed by atoms with E-state index < -0.39 is 0 Å². The fourth-order valence-electron chi connectivity index (χ4n) is 2.34. The molecule has 0 aromatic carbocycles. The molecule has 1 nitrogen and oxygen atoms in total. The number of rotatable bonds is 6. The van der Waals surface area contributed by atoms with Gasteiger partial charge in [0.1, 0.15) is 0 Å². The third-order valence-corrected chi connectivity index (χ3v) is 5.61. The first-order chi connectivity index (χ1) is 8.85. The van der Waals surface area contributed by atoms with Crippen LogP contribution in [0.15, 0.2) is 6.07 Å². The molecule has 3 heteroatoms. The number of thioether (sulfide) groups is 1. The molecule has 1 aliphatic rings. The summed E-state index contributed by atoms with van der Waals surface area (Å²) in [5.74, 6) is 5.23. The van der Waals surface area contributed by atoms with E-state index in [2.05, 4.69) is 36.0 Å². The summed E-state index contributed by atoms with van der Waals surface area (Å²) < 4.78 is 0. The highest BCUT2D eigenvalue weighted by Crippen LogP contribution is 2.35. The third-order valence-electron chi connectivity index (χ3n) is 3.25. The lowest BCUT2D eigenvalue weighted by molar-refractivity contribution is 0.509. The van der Waals surface area contributed by atoms with Gasteiger partial charge in [0.15, 0.2) is 0 Å². The highest BCUT2D eigenvalue weighted by Gasteiger charge is 2.18. The van der Waals surface area contributed by atoms with Gasteiger partial charge in [0.25, 0.3) is 0 Å². The van der Waals surface area contributed by atoms with Gasteiger partial charge in [-0.15, -0.1) is 23.7 Å². The van der Waals surface area contributed by atoms with Gasteiger partial charge >= 0.3 is 0 Å². The van der Waals surface area contributed by atoms with Crippen molar-refractivity contribution in [1.82, 2.24) is 5.32 Å². The zero-order valence-corrected chi connectivity index (χ0v) is 12.6. The highest BCUT2D eigenvalue weighted by atomic mass is 32.2. The van der Waals surface area contributed by atoms with E-state index >= 15 is 0 Å². The molecule has 1 atom stereocenters. The summed E-state index contributed by atoms with van der Waals surface area (Å²) >= 11 is 4.07. The van der Waals surface area contributed by atoms with Crippen LogP contribution in [0.1, 0.15) is 47.5 Å². The van der Waals surface area contributed by atoms with Crippen molar-refractivity contribution in [3.05, 3.63) is 21.4 Å². The fourth-order valence-corrected chi connectivity index (χ4v) is 4.83. The number of nitrogens with one attached hydrogen (secondary N) is 1. The van der Waals surface area contributed by atoms with Crippen LogP contribution in [0.25, 0.3) is 0 Å². The molecule has 0 saturated heterocycles. The molecule has 18 heavy (non-hydrogen) atoms. The molecular formula is C15H21NS2. The molecule has 2 heterocycles. The molecule has 1 aliphatic heterocycles. The topological polar surface area (TPSA) is 12.0 Å². The van der Waals surface area contributed by atoms with Crippen molar-refractivity contribution in [2.75, 3.05) is 12.3 Å². The Labute approximate surface area is 119 Å². The van der Waals surface area contributed by atoms with Gasteiger partial charge in [-0.3, -0.25) is 0 Å². The van der Waals surface area contributed by atoms with E-state index in [4.69, 9.17) is 6.42 Å². The molecular weight excluding hydrogens is 258 g/mol. The summed E-state index contributed by atoms with van der Waals surface area (Å²) in [5, 5.41) is 3.60. The molecule has 98 valence electrons. The number of hydrogen-bond acceptors (Lipinski definition) is 3. The molecule has 1 aromatic heterocycles. The van der Waals surface area contributed by atoms with Gasteiger partial charge in [0, 0.05) is 28.0 Å². The Bertz CT molecular complexity index is 393. The number of unbranched alkanes of at least 4 members (excludes halogenated alkanes) is 1. The minimum atomic E-state index is 0.504. The molecule has 0 bridgehead atoms. The zero-order valence-electron chi connectivity index (χ0n) is 11.0. The van der Waals surface area contributed by atoms with Crippen LogP contribution in [-0.4, -0.2) is 12.3 Å². The summed E-state index contributed by atoms with van der Waals surface area (Å²) in [6, 6.07) is 2.93. The summed E-state index contributed by atoms with van der Waals surface area (Å²) in [6.07, 6.45) is 9.76. The van der Waals surface area contributed by atoms with Crippen molar-refractivity contribution in [1.29, 1.82) is 0 Å². The Balaban J connectivity index is 2.04. The van der Waals surface area contributed by atoms with Crippen LogP contribution in [0.2, 0.25) is 0 Å². The predicted octanol–water partition coefficient (Wildman–Crippen LogP) is 3.99. The summed E-state index contributed by atoms with van der Waals surface area (Å²) in [7, 11) is 0. The minimum absolute atomic E-state index is 0.504. The lowest BCUT2D eigenvalue weighted by Crippen LogP contribution is -2.19. The molecule has 1 N–H and O–H groups in total. The van der Waals surface area contributed by atoms with Gasteiger partial charge in [0.05, 0.1) is 0 Å². The second kappa shape index (κ2) is 7.23. The standard InChI is InChI=1S/C15H21NS2/c1-3-5-6-7-13(16-4-2)15-10-12-11-17-9-8-14(12)18-15/h1,10,13,16H,4-9,11H2,2H3. The molecule has 0 spiro atoms. The molecule has 0 amide bonds. The molecule has 0 saturated carbocycles. The maximum atomic E-state index is 5.34. The van der Waals surface area contributed by atoms with Crippen LogP contribution in [0.3, 0.4) is 0 Å². The van der Waals surface area contributed by atoms with Crippen LogP contribution in [0.5, 0.6) is 0 Å². The molecule has 2 rings (SSSR count). The Kier molecular flexibility index (Phi) is 5.62. The van der Waals surface area contributed by atoms with Gasteiger partial charge in [-0.1, -0.05) is 6.92 Å². The Morgan fingerprint density at radius 1 is 1.56 bits per heavy atom. The zero-order chi connectivity index (χ0) is 12.8. The largest absolute Gasteiger partial charge is 0.310 e. The van der Waals surface area contributed by atoms with Crippen LogP contribution in [-0.2, 0) is 12.2 Å². The molecule has 1 aromatic rings. The summed E-state index contributed by atoms with van der Waals surface area (Å²) in [6.45, 7) is 3.20. The number of thiophene rings is 1. The van der Waals surface area contributed by atoms with E-state index in [1.54, 1.807) is 10.4 Å². The van der Waals surface area contributed by atoms with Gasteiger partial charge in [-0.25, -0.2) is 0 Å². The normalized spacial score (nSPS) is 16.0. The quantitative estimate of drug-likeness (QED) is 0.624. The first-order valence-corrected chi connectivity index (χ1v) is 8.68. The second-order valence-electron chi connectivity index (χ2n) is 4.61. The van der Waals surface area contributed by atoms with Crippen LogP contribution < -0.4 is 5.32 Å². The second-order valence-corrected chi connectivity index (χ2v) is 6.88. The average Bonchev–Trinajstić information content (AvgIpc) is 2.81. The van der Waals surface area contributed by atoms with Crippen LogP contribution in [0, 0.1) is 12.3 Å². The smallest absolute Gasteiger partial charge is 0.0415 e. The average molecular weight is 279 g/mol. The van der Waals surface area contributed by atoms with Crippen molar-refractivity contribution in [2.45, 2.75) is 44.4 Å². The van der Waals surface area contributed by atoms with Crippen molar-refractivity contribution in [3.63, 3.8) is 0 Å². The number of terminal acetylenes is 1. The van der Waals surface area contributed by atoms with E-state index in [1.807, 2.05) is 11.3 Å². The van der Waals surface area contributed by atoms with Gasteiger partial charge in [-0.05, 0) is 43.2 Å². The van der Waals surface area contributed by atoms with E-state index in [-0.39, 0.29) is 0 Å². The van der Waals surface area contributed by atoms with Gasteiger partial charge < -0.3 is 5.32 Å². The van der Waals surface area contributed by atoms with E-state index in [1.165, 1.54) is 22.8 Å². The maximum absolute atomic E-state index is 5.34. The molecule has 0 aliphatic carbocycles. The van der Waals surface area contributed by atoms with Crippen molar-refractivity contribution < 1.29 is 0 Å². The monoisotopic (exact) mass is 279 g/mol. The third kappa shape index (κ3) is 3.54. The molecule has 1 unspecified atom stereocenters. The Morgan fingerprint density at radius 3 is 3.17 bits per heavy atom. The number of aryl methyl sites for hydroxylation is 1. The predicted molar refractivity (Wildman–Crippen MR) is 83.3 cm³/mol. The molecule has 0 radical (unpaired) electrons. The lowest BCUT2D eigenvalue weighted by atomic mass is 10.1. The summed E-state index contributed by atoms with van der Waals surface area (Å²) in [5.41, 5.74) is 1.58. The van der Waals surface area contributed by atoms with Gasteiger partial charge in [0.2, 0.25) is 0 Å². The van der Waals surface area contributed by atoms with E-state index in [0.29, 0.717) is 6.04 Å². The highest BCUT2D eigenvalue weighted by molar-refractivity contribution is 7.98. The first kappa shape index (κ1) is 14.0. The SMILES string of the molecule is C#CCCCC(NCC)c1cc2c(s1)CCSC2. The summed E-state index contributed by atoms with van der Waals surface area (Å²) in [4.78, 5) is 3.13. The van der Waals surface area contributed by atoms with Gasteiger partial charge in [-0.2, -0.15) is 11.8 Å². The van der Waals surface area contributed by atoms with Crippen molar-refractivity contribution in [2.24, 2.45) is 0 Å². The van der Waals surface area contributed by atoms with Crippen molar-refractivity contribution >= 4 is 23.1 Å². The maximum Gasteiger partial charge on any atom is 0.0415 e.